The molecule has 0 aliphatic heterocycles. The van der Waals surface area contributed by atoms with E-state index in [0.717, 1.165) is 43.2 Å². The lowest BCUT2D eigenvalue weighted by Gasteiger charge is -2.15. The zero-order chi connectivity index (χ0) is 23.8. The fourth-order valence-electron chi connectivity index (χ4n) is 2.93. The lowest BCUT2D eigenvalue weighted by molar-refractivity contribution is 0.419. The predicted octanol–water partition coefficient (Wildman–Crippen LogP) is 3.83. The number of rotatable bonds is 12. The highest BCUT2D eigenvalue weighted by Crippen LogP contribution is 2.26. The van der Waals surface area contributed by atoms with Crippen LogP contribution >= 0.6 is 11.6 Å². The minimum absolute atomic E-state index is 0.149. The molecule has 178 valence electrons. The summed E-state index contributed by atoms with van der Waals surface area (Å²) >= 11 is 6.09. The van der Waals surface area contributed by atoms with E-state index in [4.69, 9.17) is 11.6 Å². The number of sulfonamides is 1. The van der Waals surface area contributed by atoms with Gasteiger partial charge in [0.15, 0.2) is 0 Å². The van der Waals surface area contributed by atoms with Crippen molar-refractivity contribution < 1.29 is 21.7 Å². The van der Waals surface area contributed by atoms with E-state index in [1.54, 1.807) is 18.2 Å². The Morgan fingerprint density at radius 2 is 1.88 bits per heavy atom. The summed E-state index contributed by atoms with van der Waals surface area (Å²) < 4.78 is 60.1. The number of halogens is 3. The third-order valence-electron chi connectivity index (χ3n) is 4.54. The zero-order valence-electron chi connectivity index (χ0n) is 17.7. The molecule has 0 unspecified atom stereocenters. The molecule has 3 rings (SSSR count). The van der Waals surface area contributed by atoms with Gasteiger partial charge in [0.05, 0.1) is 5.69 Å². The summed E-state index contributed by atoms with van der Waals surface area (Å²) in [6, 6.07) is 6.58. The number of hydrogen-bond donors (Lipinski definition) is 4. The van der Waals surface area contributed by atoms with Gasteiger partial charge in [-0.15, -0.1) is 0 Å². The highest BCUT2D eigenvalue weighted by atomic mass is 35.5. The van der Waals surface area contributed by atoms with E-state index in [1.165, 1.54) is 0 Å². The first-order chi connectivity index (χ1) is 15.8. The molecule has 4 N–H and O–H groups in total. The van der Waals surface area contributed by atoms with Crippen molar-refractivity contribution in [1.29, 1.82) is 0 Å². The molecule has 2 aromatic carbocycles. The van der Waals surface area contributed by atoms with Crippen molar-refractivity contribution in [2.24, 2.45) is 0 Å². The summed E-state index contributed by atoms with van der Waals surface area (Å²) in [7, 11) is -4.46. The van der Waals surface area contributed by atoms with E-state index in [2.05, 4.69) is 30.6 Å². The van der Waals surface area contributed by atoms with Gasteiger partial charge in [-0.25, -0.2) is 21.9 Å². The fourth-order valence-corrected chi connectivity index (χ4v) is 4.12. The first-order valence-corrected chi connectivity index (χ1v) is 11.9. The average molecular weight is 501 g/mol. The van der Waals surface area contributed by atoms with Crippen molar-refractivity contribution in [3.05, 3.63) is 58.9 Å². The van der Waals surface area contributed by atoms with Crippen LogP contribution in [0.1, 0.15) is 18.9 Å². The van der Waals surface area contributed by atoms with Gasteiger partial charge in [0.1, 0.15) is 16.5 Å². The molecule has 1 heterocycles. The van der Waals surface area contributed by atoms with Crippen LogP contribution in [-0.4, -0.2) is 38.2 Å². The summed E-state index contributed by atoms with van der Waals surface area (Å²) in [6.45, 7) is 4.63. The van der Waals surface area contributed by atoms with E-state index >= 15 is 0 Å². The summed E-state index contributed by atoms with van der Waals surface area (Å²) in [5.41, 5.74) is 1.34. The Morgan fingerprint density at radius 1 is 1.06 bits per heavy atom. The maximum atomic E-state index is 14.6. The molecule has 33 heavy (non-hydrogen) atoms. The molecule has 9 nitrogen and oxygen atoms in total. The predicted molar refractivity (Wildman–Crippen MR) is 122 cm³/mol. The molecule has 0 amide bonds. The van der Waals surface area contributed by atoms with Crippen LogP contribution in [0.4, 0.5) is 26.1 Å². The Balaban J connectivity index is 1.71. The lowest BCUT2D eigenvalue weighted by Crippen LogP contribution is -2.18. The Bertz CT molecular complexity index is 1180. The smallest absolute Gasteiger partial charge is 0.277 e. The van der Waals surface area contributed by atoms with E-state index in [-0.39, 0.29) is 12.2 Å². The third-order valence-corrected chi connectivity index (χ3v) is 6.11. The topological polar surface area (TPSA) is 121 Å². The molecule has 0 spiro atoms. The molecular formula is C20H23ClF2N6O3S. The Hall–Kier alpha value is -2.96. The van der Waals surface area contributed by atoms with Crippen LogP contribution in [-0.2, 0) is 16.6 Å². The van der Waals surface area contributed by atoms with Crippen LogP contribution in [0, 0.1) is 11.6 Å². The van der Waals surface area contributed by atoms with E-state index in [1.807, 2.05) is 11.6 Å². The van der Waals surface area contributed by atoms with Crippen molar-refractivity contribution in [1.82, 2.24) is 15.5 Å². The molecule has 0 atom stereocenters. The van der Waals surface area contributed by atoms with E-state index in [9.17, 15) is 17.2 Å². The number of hydrogen-bond acceptors (Lipinski definition) is 8. The third kappa shape index (κ3) is 6.76. The van der Waals surface area contributed by atoms with Crippen LogP contribution in [0.5, 0.6) is 0 Å². The molecule has 0 aliphatic rings. The summed E-state index contributed by atoms with van der Waals surface area (Å²) in [6.07, 6.45) is 1.78. The molecule has 1 aromatic heterocycles. The summed E-state index contributed by atoms with van der Waals surface area (Å²) in [5, 5.41) is 13.1. The average Bonchev–Trinajstić information content (AvgIpc) is 3.27. The minimum atomic E-state index is -4.46. The summed E-state index contributed by atoms with van der Waals surface area (Å²) in [5.74, 6) is -2.49. The van der Waals surface area contributed by atoms with Crippen molar-refractivity contribution in [3.63, 3.8) is 0 Å². The standard InChI is InChI=1S/C20H23ClF2N6O3S/c1-2-24-6-3-7-25-17-8-14(21)5-4-13(17)11-26-18-9-16(23)19(10-15(18)22)33(30,31)29-20-27-12-32-28-20/h4-5,8-10,12,24-26H,2-3,6-7,11H2,1H3,(H,28,29). The zero-order valence-corrected chi connectivity index (χ0v) is 19.2. The van der Waals surface area contributed by atoms with Crippen LogP contribution in [0.3, 0.4) is 0 Å². The second-order valence-corrected chi connectivity index (χ2v) is 9.00. The highest BCUT2D eigenvalue weighted by molar-refractivity contribution is 7.92. The van der Waals surface area contributed by atoms with Crippen molar-refractivity contribution in [2.75, 3.05) is 35.0 Å². The number of aromatic nitrogens is 2. The second kappa shape index (κ2) is 11.3. The molecule has 0 aliphatic carbocycles. The van der Waals surface area contributed by atoms with Gasteiger partial charge in [0, 0.05) is 29.9 Å². The number of nitrogens with zero attached hydrogens (tertiary/aromatic N) is 2. The maximum Gasteiger partial charge on any atom is 0.277 e. The van der Waals surface area contributed by atoms with Crippen LogP contribution in [0.25, 0.3) is 0 Å². The first kappa shape index (κ1) is 24.7. The monoisotopic (exact) mass is 500 g/mol. The van der Waals surface area contributed by atoms with E-state index < -0.39 is 32.5 Å². The molecule has 0 saturated heterocycles. The van der Waals surface area contributed by atoms with E-state index in [0.29, 0.717) is 17.6 Å². The van der Waals surface area contributed by atoms with Crippen LogP contribution in [0.15, 0.2) is 46.1 Å². The molecule has 0 fully saturated rings. The Morgan fingerprint density at radius 3 is 2.61 bits per heavy atom. The van der Waals surface area contributed by atoms with Gasteiger partial charge in [0.2, 0.25) is 6.39 Å². The summed E-state index contributed by atoms with van der Waals surface area (Å²) in [4.78, 5) is 2.61. The van der Waals surface area contributed by atoms with Gasteiger partial charge in [-0.1, -0.05) is 24.6 Å². The first-order valence-electron chi connectivity index (χ1n) is 10.0. The number of anilines is 3. The highest BCUT2D eigenvalue weighted by Gasteiger charge is 2.23. The van der Waals surface area contributed by atoms with Gasteiger partial charge < -0.3 is 20.5 Å². The quantitative estimate of drug-likeness (QED) is 0.277. The number of nitrogens with one attached hydrogen (secondary N) is 4. The van der Waals surface area contributed by atoms with Gasteiger partial charge in [-0.2, -0.15) is 4.98 Å². The van der Waals surface area contributed by atoms with Crippen LogP contribution in [0.2, 0.25) is 5.02 Å². The minimum Gasteiger partial charge on any atom is -0.385 e. The number of benzene rings is 2. The largest absolute Gasteiger partial charge is 0.385 e. The van der Waals surface area contributed by atoms with Crippen LogP contribution < -0.4 is 20.7 Å². The Kier molecular flexibility index (Phi) is 8.42. The molecule has 13 heteroatoms. The van der Waals surface area contributed by atoms with Gasteiger partial charge >= 0.3 is 0 Å². The molecular weight excluding hydrogens is 478 g/mol. The fraction of sp³-hybridized carbons (Fsp3) is 0.300. The van der Waals surface area contributed by atoms with Gasteiger partial charge in [0.25, 0.3) is 16.0 Å². The van der Waals surface area contributed by atoms with Gasteiger partial charge in [-0.3, -0.25) is 0 Å². The Labute approximate surface area is 195 Å². The van der Waals surface area contributed by atoms with Crippen molar-refractivity contribution >= 4 is 38.9 Å². The SMILES string of the molecule is CCNCCCNc1cc(Cl)ccc1CNc1cc(F)c(S(=O)(=O)Nc2ncon2)cc1F. The molecule has 0 radical (unpaired) electrons. The van der Waals surface area contributed by atoms with Gasteiger partial charge in [-0.05, 0) is 48.4 Å². The van der Waals surface area contributed by atoms with Crippen molar-refractivity contribution in [3.8, 4) is 0 Å². The maximum absolute atomic E-state index is 14.6. The van der Waals surface area contributed by atoms with Crippen molar-refractivity contribution in [2.45, 2.75) is 24.8 Å². The molecule has 0 bridgehead atoms. The lowest BCUT2D eigenvalue weighted by atomic mass is 10.1. The molecule has 3 aromatic rings. The normalized spacial score (nSPS) is 11.4. The second-order valence-electron chi connectivity index (χ2n) is 6.91. The molecule has 0 saturated carbocycles.